The van der Waals surface area contributed by atoms with Gasteiger partial charge in [0.15, 0.2) is 5.75 Å². The lowest BCUT2D eigenvalue weighted by molar-refractivity contribution is -0.0497. The number of ether oxygens (including phenoxy) is 1. The van der Waals surface area contributed by atoms with Gasteiger partial charge < -0.3 is 10.1 Å². The van der Waals surface area contributed by atoms with Crippen LogP contribution in [0.2, 0.25) is 10.0 Å². The first-order valence-corrected chi connectivity index (χ1v) is 7.58. The standard InChI is InChI=1S/C12H13Cl2F2NOS/c1-6-2-8(5-19-6)17-7-3-9(13)11(10(14)4-7)18-12(15)16/h3-4,6,8,12,17H,2,5H2,1H3. The Kier molecular flexibility index (Phi) is 5.03. The molecule has 1 aromatic rings. The number of thioether (sulfide) groups is 1. The summed E-state index contributed by atoms with van der Waals surface area (Å²) in [4.78, 5) is 0. The zero-order valence-electron chi connectivity index (χ0n) is 10.1. The second-order valence-electron chi connectivity index (χ2n) is 4.37. The number of benzene rings is 1. The molecular formula is C12H13Cl2F2NOS. The number of rotatable bonds is 4. The maximum Gasteiger partial charge on any atom is 0.387 e. The molecule has 1 fully saturated rings. The fourth-order valence-electron chi connectivity index (χ4n) is 2.00. The van der Waals surface area contributed by atoms with E-state index in [9.17, 15) is 8.78 Å². The van der Waals surface area contributed by atoms with Gasteiger partial charge in [-0.05, 0) is 18.6 Å². The van der Waals surface area contributed by atoms with Crippen molar-refractivity contribution in [3.8, 4) is 5.75 Å². The first kappa shape index (κ1) is 15.0. The summed E-state index contributed by atoms with van der Waals surface area (Å²) in [7, 11) is 0. The van der Waals surface area contributed by atoms with Gasteiger partial charge in [0.1, 0.15) is 0 Å². The molecule has 1 aromatic carbocycles. The smallest absolute Gasteiger partial charge is 0.387 e. The van der Waals surface area contributed by atoms with Gasteiger partial charge in [0.25, 0.3) is 0 Å². The van der Waals surface area contributed by atoms with Gasteiger partial charge in [-0.1, -0.05) is 30.1 Å². The normalized spacial score (nSPS) is 22.8. The average molecular weight is 328 g/mol. The third-order valence-electron chi connectivity index (χ3n) is 2.77. The molecule has 106 valence electrons. The third kappa shape index (κ3) is 4.04. The summed E-state index contributed by atoms with van der Waals surface area (Å²) in [6.45, 7) is -0.771. The zero-order valence-corrected chi connectivity index (χ0v) is 12.5. The molecule has 7 heteroatoms. The molecule has 1 saturated heterocycles. The molecule has 1 N–H and O–H groups in total. The topological polar surface area (TPSA) is 21.3 Å². The van der Waals surface area contributed by atoms with Gasteiger partial charge in [-0.2, -0.15) is 20.5 Å². The fraction of sp³-hybridized carbons (Fsp3) is 0.500. The van der Waals surface area contributed by atoms with Crippen molar-refractivity contribution in [1.82, 2.24) is 0 Å². The summed E-state index contributed by atoms with van der Waals surface area (Å²) < 4.78 is 28.7. The predicted octanol–water partition coefficient (Wildman–Crippen LogP) is 4.90. The zero-order chi connectivity index (χ0) is 14.0. The van der Waals surface area contributed by atoms with E-state index in [0.29, 0.717) is 11.3 Å². The monoisotopic (exact) mass is 327 g/mol. The second-order valence-corrected chi connectivity index (χ2v) is 6.65. The lowest BCUT2D eigenvalue weighted by atomic mass is 10.2. The van der Waals surface area contributed by atoms with E-state index >= 15 is 0 Å². The Labute approximate surface area is 124 Å². The quantitative estimate of drug-likeness (QED) is 0.849. The minimum Gasteiger partial charge on any atom is -0.432 e. The van der Waals surface area contributed by atoms with Crippen molar-refractivity contribution in [2.24, 2.45) is 0 Å². The molecule has 2 rings (SSSR count). The van der Waals surface area contributed by atoms with Gasteiger partial charge in [-0.25, -0.2) is 0 Å². The molecular weight excluding hydrogens is 315 g/mol. The van der Waals surface area contributed by atoms with Crippen LogP contribution in [0.5, 0.6) is 5.75 Å². The van der Waals surface area contributed by atoms with E-state index in [1.807, 2.05) is 11.8 Å². The Bertz CT molecular complexity index is 438. The molecule has 2 atom stereocenters. The van der Waals surface area contributed by atoms with Crippen LogP contribution in [0, 0.1) is 0 Å². The van der Waals surface area contributed by atoms with Crippen LogP contribution in [0.25, 0.3) is 0 Å². The van der Waals surface area contributed by atoms with Crippen molar-refractivity contribution in [2.45, 2.75) is 31.2 Å². The van der Waals surface area contributed by atoms with Gasteiger partial charge in [-0.15, -0.1) is 0 Å². The lowest BCUT2D eigenvalue weighted by Crippen LogP contribution is -2.18. The van der Waals surface area contributed by atoms with Crippen molar-refractivity contribution in [3.63, 3.8) is 0 Å². The van der Waals surface area contributed by atoms with Gasteiger partial charge in [0.2, 0.25) is 0 Å². The molecule has 0 bridgehead atoms. The van der Waals surface area contributed by atoms with Gasteiger partial charge in [-0.3, -0.25) is 0 Å². The number of alkyl halides is 2. The third-order valence-corrected chi connectivity index (χ3v) is 4.69. The van der Waals surface area contributed by atoms with Crippen molar-refractivity contribution in [1.29, 1.82) is 0 Å². The van der Waals surface area contributed by atoms with Gasteiger partial charge in [0.05, 0.1) is 10.0 Å². The highest BCUT2D eigenvalue weighted by molar-refractivity contribution is 8.00. The molecule has 2 nitrogen and oxygen atoms in total. The van der Waals surface area contributed by atoms with Crippen LogP contribution < -0.4 is 10.1 Å². The Morgan fingerprint density at radius 2 is 2.00 bits per heavy atom. The molecule has 1 aliphatic heterocycles. The largest absolute Gasteiger partial charge is 0.432 e. The summed E-state index contributed by atoms with van der Waals surface area (Å²) in [5, 5.41) is 4.07. The molecule has 1 heterocycles. The van der Waals surface area contributed by atoms with E-state index < -0.39 is 6.61 Å². The first-order valence-electron chi connectivity index (χ1n) is 5.77. The maximum absolute atomic E-state index is 12.2. The molecule has 0 radical (unpaired) electrons. The molecule has 0 amide bonds. The molecule has 0 aromatic heterocycles. The van der Waals surface area contributed by atoms with Crippen LogP contribution in [0.3, 0.4) is 0 Å². The Hall–Kier alpha value is -0.390. The summed E-state index contributed by atoms with van der Waals surface area (Å²) in [5.41, 5.74) is 0.719. The van der Waals surface area contributed by atoms with Crippen molar-refractivity contribution in [3.05, 3.63) is 22.2 Å². The molecule has 1 aliphatic rings. The van der Waals surface area contributed by atoms with E-state index in [1.165, 1.54) is 0 Å². The number of hydrogen-bond donors (Lipinski definition) is 1. The predicted molar refractivity (Wildman–Crippen MR) is 77.0 cm³/mol. The number of halogens is 4. The second kappa shape index (κ2) is 6.37. The van der Waals surface area contributed by atoms with Crippen LogP contribution in [0.15, 0.2) is 12.1 Å². The Morgan fingerprint density at radius 3 is 2.47 bits per heavy atom. The fourth-order valence-corrected chi connectivity index (χ4v) is 3.72. The van der Waals surface area contributed by atoms with E-state index in [1.54, 1.807) is 12.1 Å². The Balaban J connectivity index is 2.11. The molecule has 0 spiro atoms. The number of nitrogens with one attached hydrogen (secondary N) is 1. The summed E-state index contributed by atoms with van der Waals surface area (Å²) >= 11 is 13.7. The molecule has 2 unspecified atom stereocenters. The van der Waals surface area contributed by atoms with Crippen molar-refractivity contribution >= 4 is 40.7 Å². The number of anilines is 1. The van der Waals surface area contributed by atoms with Crippen LogP contribution >= 0.6 is 35.0 Å². The van der Waals surface area contributed by atoms with Gasteiger partial charge >= 0.3 is 6.61 Å². The van der Waals surface area contributed by atoms with Crippen LogP contribution in [0.4, 0.5) is 14.5 Å². The summed E-state index contributed by atoms with van der Waals surface area (Å²) in [6.07, 6.45) is 1.05. The van der Waals surface area contributed by atoms with E-state index in [4.69, 9.17) is 23.2 Å². The average Bonchev–Trinajstić information content (AvgIpc) is 2.69. The number of hydrogen-bond acceptors (Lipinski definition) is 3. The minimum atomic E-state index is -2.94. The van der Waals surface area contributed by atoms with Gasteiger partial charge in [0, 0.05) is 22.7 Å². The van der Waals surface area contributed by atoms with Crippen molar-refractivity contribution in [2.75, 3.05) is 11.1 Å². The summed E-state index contributed by atoms with van der Waals surface area (Å²) in [5.74, 6) is 0.823. The van der Waals surface area contributed by atoms with Crippen molar-refractivity contribution < 1.29 is 13.5 Å². The molecule has 0 aliphatic carbocycles. The maximum atomic E-state index is 12.2. The van der Waals surface area contributed by atoms with E-state index in [0.717, 1.165) is 17.9 Å². The lowest BCUT2D eigenvalue weighted by Gasteiger charge is -2.16. The SMILES string of the molecule is CC1CC(Nc2cc(Cl)c(OC(F)F)c(Cl)c2)CS1. The highest BCUT2D eigenvalue weighted by Gasteiger charge is 2.22. The van der Waals surface area contributed by atoms with E-state index in [2.05, 4.69) is 17.0 Å². The molecule has 0 saturated carbocycles. The minimum absolute atomic E-state index is 0.0778. The Morgan fingerprint density at radius 1 is 1.37 bits per heavy atom. The van der Waals surface area contributed by atoms with Crippen LogP contribution in [0.1, 0.15) is 13.3 Å². The summed E-state index contributed by atoms with van der Waals surface area (Å²) in [6, 6.07) is 3.45. The van der Waals surface area contributed by atoms with E-state index in [-0.39, 0.29) is 15.8 Å². The highest BCUT2D eigenvalue weighted by atomic mass is 35.5. The van der Waals surface area contributed by atoms with Crippen LogP contribution in [-0.2, 0) is 0 Å². The molecule has 19 heavy (non-hydrogen) atoms. The highest BCUT2D eigenvalue weighted by Crippen LogP contribution is 2.38. The van der Waals surface area contributed by atoms with Crippen LogP contribution in [-0.4, -0.2) is 23.7 Å². The first-order chi connectivity index (χ1) is 8.95.